The van der Waals surface area contributed by atoms with E-state index in [0.29, 0.717) is 17.9 Å². The molecule has 2 heterocycles. The van der Waals surface area contributed by atoms with Gasteiger partial charge in [-0.2, -0.15) is 9.78 Å². The summed E-state index contributed by atoms with van der Waals surface area (Å²) in [6.45, 7) is 2.34. The summed E-state index contributed by atoms with van der Waals surface area (Å²) in [5, 5.41) is 18.7. The van der Waals surface area contributed by atoms with Gasteiger partial charge in [0.1, 0.15) is 23.1 Å². The molecule has 0 bridgehead atoms. The number of anilines is 1. The third-order valence-electron chi connectivity index (χ3n) is 4.35. The van der Waals surface area contributed by atoms with Crippen LogP contribution in [-0.2, 0) is 0 Å². The van der Waals surface area contributed by atoms with Crippen molar-refractivity contribution in [3.05, 3.63) is 65.4 Å². The fourth-order valence-corrected chi connectivity index (χ4v) is 2.88. The van der Waals surface area contributed by atoms with Crippen LogP contribution in [0.15, 0.2) is 52.2 Å². The number of ether oxygens (including phenoxy) is 1. The summed E-state index contributed by atoms with van der Waals surface area (Å²) in [5.74, 6) is -1.55. The molecule has 0 spiro atoms. The van der Waals surface area contributed by atoms with Gasteiger partial charge in [-0.05, 0) is 59.7 Å². The van der Waals surface area contributed by atoms with Gasteiger partial charge in [0.15, 0.2) is 5.69 Å². The Bertz CT molecular complexity index is 1320. The van der Waals surface area contributed by atoms with Crippen LogP contribution in [0.3, 0.4) is 0 Å². The van der Waals surface area contributed by atoms with Crippen molar-refractivity contribution in [3.63, 3.8) is 0 Å². The molecule has 0 fully saturated rings. The summed E-state index contributed by atoms with van der Waals surface area (Å²) in [7, 11) is 0. The summed E-state index contributed by atoms with van der Waals surface area (Å²) in [5.41, 5.74) is 8.44. The summed E-state index contributed by atoms with van der Waals surface area (Å²) in [6.07, 6.45) is 0.969. The zero-order valence-electron chi connectivity index (χ0n) is 17.1. The van der Waals surface area contributed by atoms with Crippen molar-refractivity contribution in [2.24, 2.45) is 5.10 Å². The van der Waals surface area contributed by atoms with E-state index in [-0.39, 0.29) is 28.6 Å². The fraction of sp³-hybridized carbons (Fsp3) is 0.100. The molecule has 0 unspecified atom stereocenters. The molecule has 0 radical (unpaired) electrons. The Hall–Kier alpha value is -4.68. The van der Waals surface area contributed by atoms with E-state index in [1.165, 1.54) is 4.68 Å². The highest BCUT2D eigenvalue weighted by Crippen LogP contribution is 2.28. The van der Waals surface area contributed by atoms with E-state index >= 15 is 0 Å². The van der Waals surface area contributed by atoms with E-state index in [9.17, 15) is 13.6 Å². The number of amides is 1. The van der Waals surface area contributed by atoms with E-state index in [1.54, 1.807) is 24.3 Å². The Morgan fingerprint density at radius 1 is 1.24 bits per heavy atom. The molecule has 168 valence electrons. The lowest BCUT2D eigenvalue weighted by Crippen LogP contribution is -2.19. The first kappa shape index (κ1) is 21.5. The Kier molecular flexibility index (Phi) is 6.02. The maximum atomic E-state index is 13.7. The molecule has 3 N–H and O–H groups in total. The van der Waals surface area contributed by atoms with Gasteiger partial charge in [-0.3, -0.25) is 4.79 Å². The minimum atomic E-state index is -0.770. The van der Waals surface area contributed by atoms with Crippen molar-refractivity contribution >= 4 is 17.9 Å². The van der Waals surface area contributed by atoms with E-state index < -0.39 is 17.5 Å². The molecule has 4 rings (SSSR count). The molecule has 2 aromatic carbocycles. The standard InChI is InChI=1S/C20H16F2N8O3/c1-2-32-14-6-3-11(4-7-14)17-16(25-29-30(17)19-18(23)27-33-28-19)20(31)26-24-10-12-9-13(21)5-8-15(12)22/h3-10H,2H2,1H3,(H2,23,27)(H,26,31)/b24-10-. The molecule has 0 aliphatic rings. The van der Waals surface area contributed by atoms with Crippen molar-refractivity contribution < 1.29 is 22.9 Å². The molecular weight excluding hydrogens is 438 g/mol. The lowest BCUT2D eigenvalue weighted by Gasteiger charge is -2.07. The Morgan fingerprint density at radius 2 is 2.03 bits per heavy atom. The summed E-state index contributed by atoms with van der Waals surface area (Å²) < 4.78 is 38.3. The number of carbonyl (C=O) groups excluding carboxylic acids is 1. The molecule has 1 amide bonds. The number of hydrogen-bond acceptors (Lipinski definition) is 9. The van der Waals surface area contributed by atoms with Crippen LogP contribution in [0.1, 0.15) is 23.0 Å². The van der Waals surface area contributed by atoms with Gasteiger partial charge < -0.3 is 10.5 Å². The molecular formula is C20H16F2N8O3. The van der Waals surface area contributed by atoms with Crippen molar-refractivity contribution in [1.29, 1.82) is 0 Å². The number of nitrogens with one attached hydrogen (secondary N) is 1. The molecule has 0 atom stereocenters. The zero-order chi connectivity index (χ0) is 23.4. The SMILES string of the molecule is CCOc1ccc(-c2c(C(=O)N/N=C\c3cc(F)ccc3F)nnn2-c2nonc2N)cc1. The summed E-state index contributed by atoms with van der Waals surface area (Å²) in [6, 6.07) is 9.63. The van der Waals surface area contributed by atoms with Gasteiger partial charge in [0.25, 0.3) is 5.91 Å². The topological polar surface area (TPSA) is 146 Å². The number of nitrogen functional groups attached to an aromatic ring is 1. The quantitative estimate of drug-likeness (QED) is 0.320. The molecule has 0 saturated carbocycles. The van der Waals surface area contributed by atoms with Crippen LogP contribution in [-0.4, -0.2) is 44.0 Å². The minimum Gasteiger partial charge on any atom is -0.494 e. The number of hydrazone groups is 1. The second-order valence-corrected chi connectivity index (χ2v) is 6.49. The number of hydrogen-bond donors (Lipinski definition) is 2. The first-order chi connectivity index (χ1) is 16.0. The first-order valence-corrected chi connectivity index (χ1v) is 9.53. The van der Waals surface area contributed by atoms with Crippen LogP contribution in [0.2, 0.25) is 0 Å². The molecule has 33 heavy (non-hydrogen) atoms. The maximum Gasteiger partial charge on any atom is 0.294 e. The normalized spacial score (nSPS) is 11.1. The first-order valence-electron chi connectivity index (χ1n) is 9.53. The maximum absolute atomic E-state index is 13.7. The van der Waals surface area contributed by atoms with Crippen LogP contribution < -0.4 is 15.9 Å². The predicted octanol–water partition coefficient (Wildman–Crippen LogP) is 2.34. The second kappa shape index (κ2) is 9.21. The number of rotatable bonds is 7. The van der Waals surface area contributed by atoms with Gasteiger partial charge in [0.2, 0.25) is 11.6 Å². The highest BCUT2D eigenvalue weighted by molar-refractivity contribution is 5.98. The zero-order valence-corrected chi connectivity index (χ0v) is 17.1. The van der Waals surface area contributed by atoms with Gasteiger partial charge in [0, 0.05) is 11.1 Å². The Balaban J connectivity index is 1.68. The Morgan fingerprint density at radius 3 is 2.73 bits per heavy atom. The molecule has 2 aromatic heterocycles. The van der Waals surface area contributed by atoms with Crippen molar-refractivity contribution in [1.82, 2.24) is 30.7 Å². The predicted molar refractivity (Wildman–Crippen MR) is 112 cm³/mol. The summed E-state index contributed by atoms with van der Waals surface area (Å²) >= 11 is 0. The molecule has 11 nitrogen and oxygen atoms in total. The highest BCUT2D eigenvalue weighted by Gasteiger charge is 2.25. The third-order valence-corrected chi connectivity index (χ3v) is 4.35. The van der Waals surface area contributed by atoms with Crippen molar-refractivity contribution in [2.45, 2.75) is 6.92 Å². The van der Waals surface area contributed by atoms with Gasteiger partial charge >= 0.3 is 0 Å². The third kappa shape index (κ3) is 4.51. The van der Waals surface area contributed by atoms with Crippen LogP contribution in [0, 0.1) is 11.6 Å². The average Bonchev–Trinajstić information content (AvgIpc) is 3.43. The number of carbonyl (C=O) groups is 1. The Labute approximate surface area is 184 Å². The van der Waals surface area contributed by atoms with E-state index in [4.69, 9.17) is 10.5 Å². The fourth-order valence-electron chi connectivity index (χ4n) is 2.88. The highest BCUT2D eigenvalue weighted by atomic mass is 19.1. The molecule has 0 aliphatic heterocycles. The number of nitrogens with zero attached hydrogens (tertiary/aromatic N) is 6. The van der Waals surface area contributed by atoms with Crippen LogP contribution in [0.4, 0.5) is 14.6 Å². The number of benzene rings is 2. The lowest BCUT2D eigenvalue weighted by atomic mass is 10.1. The minimum absolute atomic E-state index is 0.0239. The summed E-state index contributed by atoms with van der Waals surface area (Å²) in [4.78, 5) is 12.8. The van der Waals surface area contributed by atoms with Crippen LogP contribution in [0.5, 0.6) is 5.75 Å². The van der Waals surface area contributed by atoms with Crippen LogP contribution >= 0.6 is 0 Å². The van der Waals surface area contributed by atoms with Gasteiger partial charge in [-0.25, -0.2) is 18.8 Å². The van der Waals surface area contributed by atoms with Crippen LogP contribution in [0.25, 0.3) is 17.1 Å². The molecule has 0 aliphatic carbocycles. The second-order valence-electron chi connectivity index (χ2n) is 6.49. The lowest BCUT2D eigenvalue weighted by molar-refractivity contribution is 0.0950. The van der Waals surface area contributed by atoms with Crippen molar-refractivity contribution in [2.75, 3.05) is 12.3 Å². The van der Waals surface area contributed by atoms with Gasteiger partial charge in [-0.1, -0.05) is 5.21 Å². The van der Waals surface area contributed by atoms with E-state index in [1.807, 2.05) is 6.92 Å². The van der Waals surface area contributed by atoms with Gasteiger partial charge in [0.05, 0.1) is 12.8 Å². The number of nitrogens with two attached hydrogens (primary N) is 1. The van der Waals surface area contributed by atoms with E-state index in [0.717, 1.165) is 24.4 Å². The smallest absolute Gasteiger partial charge is 0.294 e. The van der Waals surface area contributed by atoms with Crippen molar-refractivity contribution in [3.8, 4) is 22.8 Å². The molecule has 4 aromatic rings. The average molecular weight is 454 g/mol. The number of halogens is 2. The largest absolute Gasteiger partial charge is 0.494 e. The van der Waals surface area contributed by atoms with Gasteiger partial charge in [-0.15, -0.1) is 5.10 Å². The monoisotopic (exact) mass is 454 g/mol. The number of aromatic nitrogens is 5. The van der Waals surface area contributed by atoms with E-state index in [2.05, 4.69) is 35.8 Å². The molecule has 0 saturated heterocycles. The molecule has 13 heteroatoms.